The van der Waals surface area contributed by atoms with Crippen LogP contribution in [0.5, 0.6) is 5.75 Å². The van der Waals surface area contributed by atoms with Gasteiger partial charge in [-0.15, -0.1) is 11.3 Å². The maximum atomic E-state index is 15.2. The number of benzene rings is 1. The fraction of sp³-hybridized carbons (Fsp3) is 0.391. The van der Waals surface area contributed by atoms with Crippen molar-refractivity contribution < 1.29 is 30.7 Å². The largest absolute Gasteiger partial charge is 0.493 e. The van der Waals surface area contributed by atoms with E-state index in [0.717, 1.165) is 23.5 Å². The van der Waals surface area contributed by atoms with Crippen molar-refractivity contribution in [3.63, 3.8) is 0 Å². The normalized spacial score (nSPS) is 23.1. The maximum Gasteiger partial charge on any atom is 0.391 e. The van der Waals surface area contributed by atoms with Crippen molar-refractivity contribution in [3.05, 3.63) is 65.2 Å². The zero-order valence-corrected chi connectivity index (χ0v) is 20.4. The number of aromatic nitrogens is 2. The Morgan fingerprint density at radius 3 is 2.69 bits per heavy atom. The molecule has 0 saturated carbocycles. The van der Waals surface area contributed by atoms with E-state index < -0.39 is 44.9 Å². The molecular weight excluding hydrogens is 520 g/mol. The van der Waals surface area contributed by atoms with E-state index in [2.05, 4.69) is 14.7 Å². The Morgan fingerprint density at radius 2 is 2.00 bits per heavy atom. The van der Waals surface area contributed by atoms with Crippen LogP contribution >= 0.6 is 11.3 Å². The first kappa shape index (κ1) is 24.9. The molecule has 4 heterocycles. The minimum absolute atomic E-state index is 0.0837. The van der Waals surface area contributed by atoms with Gasteiger partial charge in [0.05, 0.1) is 12.5 Å². The van der Waals surface area contributed by atoms with Crippen LogP contribution in [0.25, 0.3) is 0 Å². The Balaban J connectivity index is 1.49. The van der Waals surface area contributed by atoms with E-state index in [9.17, 15) is 21.6 Å². The lowest BCUT2D eigenvalue weighted by molar-refractivity contribution is -0.192. The number of rotatable bonds is 5. The van der Waals surface area contributed by atoms with Crippen molar-refractivity contribution in [2.45, 2.75) is 42.4 Å². The Kier molecular flexibility index (Phi) is 6.64. The van der Waals surface area contributed by atoms with Gasteiger partial charge >= 0.3 is 6.18 Å². The molecule has 7 nitrogen and oxygen atoms in total. The molecule has 1 saturated heterocycles. The van der Waals surface area contributed by atoms with E-state index in [1.54, 1.807) is 29.9 Å². The van der Waals surface area contributed by atoms with Gasteiger partial charge in [0, 0.05) is 54.1 Å². The van der Waals surface area contributed by atoms with Crippen LogP contribution < -0.4 is 9.46 Å². The van der Waals surface area contributed by atoms with E-state index in [-0.39, 0.29) is 36.9 Å². The first-order valence-corrected chi connectivity index (χ1v) is 13.6. The van der Waals surface area contributed by atoms with Gasteiger partial charge in [0.15, 0.2) is 5.13 Å². The zero-order valence-electron chi connectivity index (χ0n) is 18.8. The Bertz CT molecular complexity index is 1320. The standard InChI is InChI=1S/C23H22F4N4O3S2/c24-17-11-16-18(4-8-34-20(16)12-21(17)36(32,33)30-22-29-6-9-35-22)31-7-3-15(23(25,26)27)10-19(31)14-2-1-5-28-13-14/h1-2,5-6,9,11-13,15,18-19H,3-4,7-8,10H2,(H,29,30)/t15-,18-,19+/m1/s1. The highest BCUT2D eigenvalue weighted by atomic mass is 32.2. The predicted octanol–water partition coefficient (Wildman–Crippen LogP) is 5.32. The van der Waals surface area contributed by atoms with Gasteiger partial charge in [-0.1, -0.05) is 6.07 Å². The van der Waals surface area contributed by atoms with Gasteiger partial charge in [-0.05, 0) is 37.1 Å². The first-order chi connectivity index (χ1) is 17.1. The summed E-state index contributed by atoms with van der Waals surface area (Å²) in [6.45, 7) is 0.350. The van der Waals surface area contributed by atoms with Crippen molar-refractivity contribution in [3.8, 4) is 5.75 Å². The van der Waals surface area contributed by atoms with E-state index in [1.807, 2.05) is 4.90 Å². The number of hydrogen-bond acceptors (Lipinski definition) is 7. The summed E-state index contributed by atoms with van der Waals surface area (Å²) in [5.41, 5.74) is 1.05. The van der Waals surface area contributed by atoms with Crippen molar-refractivity contribution in [2.75, 3.05) is 17.9 Å². The zero-order chi connectivity index (χ0) is 25.5. The summed E-state index contributed by atoms with van der Waals surface area (Å²) in [6.07, 6.45) is 0.396. The van der Waals surface area contributed by atoms with E-state index in [0.29, 0.717) is 17.5 Å². The monoisotopic (exact) mass is 542 g/mol. The molecule has 36 heavy (non-hydrogen) atoms. The molecule has 2 aromatic heterocycles. The van der Waals surface area contributed by atoms with Crippen molar-refractivity contribution >= 4 is 26.5 Å². The number of nitrogens with one attached hydrogen (secondary N) is 1. The maximum absolute atomic E-state index is 15.2. The molecule has 192 valence electrons. The van der Waals surface area contributed by atoms with Crippen molar-refractivity contribution in [1.82, 2.24) is 14.9 Å². The van der Waals surface area contributed by atoms with Gasteiger partial charge < -0.3 is 4.74 Å². The second kappa shape index (κ2) is 9.60. The molecule has 0 radical (unpaired) electrons. The highest BCUT2D eigenvalue weighted by molar-refractivity contribution is 7.93. The Morgan fingerprint density at radius 1 is 1.17 bits per heavy atom. The number of pyridine rings is 1. The quantitative estimate of drug-likeness (QED) is 0.440. The summed E-state index contributed by atoms with van der Waals surface area (Å²) in [7, 11) is -4.27. The van der Waals surface area contributed by atoms with Crippen LogP contribution in [0, 0.1) is 11.7 Å². The summed E-state index contributed by atoms with van der Waals surface area (Å²) in [5, 5.41) is 1.67. The van der Waals surface area contributed by atoms with Gasteiger partial charge in [0.1, 0.15) is 16.5 Å². The molecule has 0 aliphatic carbocycles. The molecule has 13 heteroatoms. The van der Waals surface area contributed by atoms with E-state index in [1.165, 1.54) is 6.20 Å². The van der Waals surface area contributed by atoms with Gasteiger partial charge in [-0.3, -0.25) is 14.6 Å². The molecule has 0 unspecified atom stereocenters. The molecule has 1 aromatic carbocycles. The number of alkyl halides is 3. The third kappa shape index (κ3) is 4.91. The second-order valence-corrected chi connectivity index (χ2v) is 11.3. The predicted molar refractivity (Wildman–Crippen MR) is 125 cm³/mol. The lowest BCUT2D eigenvalue weighted by Crippen LogP contribution is -2.44. The van der Waals surface area contributed by atoms with Crippen LogP contribution in [0.3, 0.4) is 0 Å². The van der Waals surface area contributed by atoms with Crippen LogP contribution in [-0.4, -0.2) is 42.6 Å². The molecule has 0 amide bonds. The number of halogens is 4. The lowest BCUT2D eigenvalue weighted by atomic mass is 9.84. The van der Waals surface area contributed by atoms with Gasteiger partial charge in [0.2, 0.25) is 0 Å². The number of sulfonamides is 1. The number of fused-ring (bicyclic) bond motifs is 1. The Labute approximate surface area is 209 Å². The fourth-order valence-corrected chi connectivity index (χ4v) is 6.78. The Hall–Kier alpha value is -2.77. The third-order valence-corrected chi connectivity index (χ3v) is 8.76. The summed E-state index contributed by atoms with van der Waals surface area (Å²) in [5.74, 6) is -2.24. The molecule has 0 spiro atoms. The summed E-state index contributed by atoms with van der Waals surface area (Å²) >= 11 is 1.05. The average molecular weight is 543 g/mol. The average Bonchev–Trinajstić information content (AvgIpc) is 3.35. The van der Waals surface area contributed by atoms with Gasteiger partial charge in [0.25, 0.3) is 10.0 Å². The molecule has 5 rings (SSSR count). The molecule has 1 fully saturated rings. The summed E-state index contributed by atoms with van der Waals surface area (Å²) in [6, 6.07) is 4.62. The topological polar surface area (TPSA) is 84.4 Å². The number of hydrogen-bond donors (Lipinski definition) is 1. The number of likely N-dealkylation sites (tertiary alicyclic amines) is 1. The van der Waals surface area contributed by atoms with E-state index >= 15 is 4.39 Å². The molecule has 3 atom stereocenters. The molecular formula is C23H22F4N4O3S2. The van der Waals surface area contributed by atoms with Crippen LogP contribution in [-0.2, 0) is 10.0 Å². The lowest BCUT2D eigenvalue weighted by Gasteiger charge is -2.46. The number of nitrogens with zero attached hydrogens (tertiary/aromatic N) is 3. The second-order valence-electron chi connectivity index (χ2n) is 8.72. The SMILES string of the molecule is O=S(=O)(Nc1nccs1)c1cc2c(cc1F)[C@H](N1CC[C@@H](C(F)(F)F)C[C@H]1c1cccnc1)CCO2. The van der Waals surface area contributed by atoms with Crippen molar-refractivity contribution in [2.24, 2.45) is 5.92 Å². The molecule has 3 aromatic rings. The number of piperidine rings is 1. The fourth-order valence-electron chi connectivity index (χ4n) is 4.92. The highest BCUT2D eigenvalue weighted by Gasteiger charge is 2.46. The van der Waals surface area contributed by atoms with Gasteiger partial charge in [-0.2, -0.15) is 13.2 Å². The highest BCUT2D eigenvalue weighted by Crippen LogP contribution is 2.48. The summed E-state index contributed by atoms with van der Waals surface area (Å²) in [4.78, 5) is 9.29. The molecule has 2 aliphatic rings. The number of anilines is 1. The molecule has 0 bridgehead atoms. The molecule has 2 aliphatic heterocycles. The number of ether oxygens (including phenoxy) is 1. The van der Waals surface area contributed by atoms with E-state index in [4.69, 9.17) is 4.74 Å². The first-order valence-electron chi connectivity index (χ1n) is 11.2. The minimum Gasteiger partial charge on any atom is -0.493 e. The number of thiazole rings is 1. The molecule has 1 N–H and O–H groups in total. The van der Waals surface area contributed by atoms with Crippen LogP contribution in [0.4, 0.5) is 22.7 Å². The van der Waals surface area contributed by atoms with Gasteiger partial charge in [-0.25, -0.2) is 17.8 Å². The summed E-state index contributed by atoms with van der Waals surface area (Å²) < 4.78 is 89.6. The minimum atomic E-state index is -4.32. The third-order valence-electron chi connectivity index (χ3n) is 6.59. The smallest absolute Gasteiger partial charge is 0.391 e. The van der Waals surface area contributed by atoms with Crippen LogP contribution in [0.2, 0.25) is 0 Å². The van der Waals surface area contributed by atoms with Crippen LogP contribution in [0.15, 0.2) is 53.1 Å². The van der Waals surface area contributed by atoms with Crippen LogP contribution in [0.1, 0.15) is 42.5 Å². The van der Waals surface area contributed by atoms with Crippen molar-refractivity contribution in [1.29, 1.82) is 0 Å².